The van der Waals surface area contributed by atoms with Crippen molar-refractivity contribution in [3.8, 4) is 0 Å². The summed E-state index contributed by atoms with van der Waals surface area (Å²) in [6, 6.07) is 7.39. The quantitative estimate of drug-likeness (QED) is 0.796. The standard InChI is InChI=1S/C15H20BrNO3S/c1-12(18)10-13-6-8-17(9-7-13)21(19,20)11-14-4-2-3-5-15(14)16/h2-5,13H,6-11H2,1H3. The van der Waals surface area contributed by atoms with E-state index in [0.29, 0.717) is 25.4 Å². The van der Waals surface area contributed by atoms with Crippen LogP contribution in [0, 0.1) is 5.92 Å². The molecular formula is C15H20BrNO3S. The van der Waals surface area contributed by atoms with E-state index in [9.17, 15) is 13.2 Å². The number of rotatable bonds is 5. The van der Waals surface area contributed by atoms with E-state index in [4.69, 9.17) is 0 Å². The zero-order chi connectivity index (χ0) is 15.5. The summed E-state index contributed by atoms with van der Waals surface area (Å²) in [6.07, 6.45) is 2.11. The summed E-state index contributed by atoms with van der Waals surface area (Å²) in [5.41, 5.74) is 0.781. The molecule has 1 aliphatic heterocycles. The smallest absolute Gasteiger partial charge is 0.218 e. The van der Waals surface area contributed by atoms with E-state index in [2.05, 4.69) is 15.9 Å². The van der Waals surface area contributed by atoms with Gasteiger partial charge >= 0.3 is 0 Å². The number of halogens is 1. The molecule has 0 aromatic heterocycles. The zero-order valence-electron chi connectivity index (χ0n) is 12.1. The predicted octanol–water partition coefficient (Wildman–Crippen LogP) is 2.97. The first-order chi connectivity index (χ1) is 9.88. The molecule has 0 bridgehead atoms. The van der Waals surface area contributed by atoms with Crippen molar-refractivity contribution in [3.63, 3.8) is 0 Å². The molecule has 0 N–H and O–H groups in total. The maximum absolute atomic E-state index is 12.5. The molecule has 0 amide bonds. The minimum absolute atomic E-state index is 0.0196. The molecule has 1 heterocycles. The second-order valence-electron chi connectivity index (χ2n) is 5.60. The van der Waals surface area contributed by atoms with Crippen molar-refractivity contribution >= 4 is 31.7 Å². The van der Waals surface area contributed by atoms with Gasteiger partial charge in [0, 0.05) is 24.0 Å². The normalized spacial score (nSPS) is 17.8. The molecule has 6 heteroatoms. The molecule has 1 saturated heterocycles. The van der Waals surface area contributed by atoms with Gasteiger partial charge in [0.05, 0.1) is 5.75 Å². The summed E-state index contributed by atoms with van der Waals surface area (Å²) in [5.74, 6) is 0.535. The fourth-order valence-electron chi connectivity index (χ4n) is 2.70. The molecular weight excluding hydrogens is 354 g/mol. The Hall–Kier alpha value is -0.720. The van der Waals surface area contributed by atoms with Crippen molar-refractivity contribution in [1.82, 2.24) is 4.31 Å². The molecule has 1 aromatic carbocycles. The van der Waals surface area contributed by atoms with Gasteiger partial charge < -0.3 is 4.79 Å². The maximum atomic E-state index is 12.5. The molecule has 0 atom stereocenters. The van der Waals surface area contributed by atoms with Crippen LogP contribution in [0.2, 0.25) is 0 Å². The molecule has 0 spiro atoms. The highest BCUT2D eigenvalue weighted by Gasteiger charge is 2.28. The van der Waals surface area contributed by atoms with Crippen LogP contribution in [0.25, 0.3) is 0 Å². The molecule has 2 rings (SSSR count). The lowest BCUT2D eigenvalue weighted by Gasteiger charge is -2.30. The second kappa shape index (κ2) is 7.03. The second-order valence-corrected chi connectivity index (χ2v) is 8.42. The Kier molecular flexibility index (Phi) is 5.57. The molecule has 0 radical (unpaired) electrons. The monoisotopic (exact) mass is 373 g/mol. The van der Waals surface area contributed by atoms with Gasteiger partial charge in [-0.1, -0.05) is 34.1 Å². The highest BCUT2D eigenvalue weighted by atomic mass is 79.9. The molecule has 1 aliphatic rings. The highest BCUT2D eigenvalue weighted by molar-refractivity contribution is 9.10. The van der Waals surface area contributed by atoms with E-state index in [1.165, 1.54) is 0 Å². The van der Waals surface area contributed by atoms with Crippen LogP contribution in [-0.4, -0.2) is 31.6 Å². The number of benzene rings is 1. The molecule has 1 fully saturated rings. The largest absolute Gasteiger partial charge is 0.300 e. The fourth-order valence-corrected chi connectivity index (χ4v) is 4.91. The first-order valence-corrected chi connectivity index (χ1v) is 9.49. The van der Waals surface area contributed by atoms with Crippen molar-refractivity contribution in [3.05, 3.63) is 34.3 Å². The number of sulfonamides is 1. The Morgan fingerprint density at radius 3 is 2.48 bits per heavy atom. The molecule has 116 valence electrons. The molecule has 1 aromatic rings. The van der Waals surface area contributed by atoms with E-state index in [1.54, 1.807) is 11.2 Å². The number of carbonyl (C=O) groups is 1. The Bertz CT molecular complexity index is 607. The molecule has 0 aliphatic carbocycles. The average molecular weight is 374 g/mol. The van der Waals surface area contributed by atoms with Crippen molar-refractivity contribution in [2.75, 3.05) is 13.1 Å². The number of nitrogens with zero attached hydrogens (tertiary/aromatic N) is 1. The summed E-state index contributed by atoms with van der Waals surface area (Å²) in [6.45, 7) is 2.63. The fraction of sp³-hybridized carbons (Fsp3) is 0.533. The number of piperidine rings is 1. The molecule has 0 saturated carbocycles. The zero-order valence-corrected chi connectivity index (χ0v) is 14.5. The third kappa shape index (κ3) is 4.63. The lowest BCUT2D eigenvalue weighted by atomic mass is 9.93. The summed E-state index contributed by atoms with van der Waals surface area (Å²) < 4.78 is 27.3. The number of ketones is 1. The van der Waals surface area contributed by atoms with Crippen LogP contribution in [0.1, 0.15) is 31.7 Å². The van der Waals surface area contributed by atoms with Crippen molar-refractivity contribution < 1.29 is 13.2 Å². The van der Waals surface area contributed by atoms with Crippen LogP contribution in [0.3, 0.4) is 0 Å². The maximum Gasteiger partial charge on any atom is 0.218 e. The minimum atomic E-state index is -3.29. The Morgan fingerprint density at radius 1 is 1.29 bits per heavy atom. The van der Waals surface area contributed by atoms with Crippen LogP contribution in [0.4, 0.5) is 0 Å². The molecule has 21 heavy (non-hydrogen) atoms. The van der Waals surface area contributed by atoms with Crippen molar-refractivity contribution in [2.24, 2.45) is 5.92 Å². The van der Waals surface area contributed by atoms with Gasteiger partial charge in [-0.25, -0.2) is 12.7 Å². The van der Waals surface area contributed by atoms with E-state index in [-0.39, 0.29) is 11.5 Å². The Morgan fingerprint density at radius 2 is 1.90 bits per heavy atom. The van der Waals surface area contributed by atoms with Crippen LogP contribution in [0.5, 0.6) is 0 Å². The SMILES string of the molecule is CC(=O)CC1CCN(S(=O)(=O)Cc2ccccc2Br)CC1. The van der Waals surface area contributed by atoms with Crippen LogP contribution in [-0.2, 0) is 20.6 Å². The van der Waals surface area contributed by atoms with Crippen LogP contribution < -0.4 is 0 Å². The van der Waals surface area contributed by atoms with Gasteiger partial charge in [0.2, 0.25) is 10.0 Å². The lowest BCUT2D eigenvalue weighted by molar-refractivity contribution is -0.118. The van der Waals surface area contributed by atoms with Gasteiger partial charge in [-0.05, 0) is 37.3 Å². The number of hydrogen-bond donors (Lipinski definition) is 0. The molecule has 0 unspecified atom stereocenters. The van der Waals surface area contributed by atoms with Crippen LogP contribution in [0.15, 0.2) is 28.7 Å². The number of Topliss-reactive ketones (excluding diaryl/α,β-unsaturated/α-hetero) is 1. The Labute approximate surface area is 134 Å². The summed E-state index contributed by atoms with van der Waals surface area (Å²) in [7, 11) is -3.29. The van der Waals surface area contributed by atoms with E-state index in [1.807, 2.05) is 24.3 Å². The van der Waals surface area contributed by atoms with Crippen molar-refractivity contribution in [1.29, 1.82) is 0 Å². The third-order valence-corrected chi connectivity index (χ3v) is 6.44. The first kappa shape index (κ1) is 16.6. The summed E-state index contributed by atoms with van der Waals surface area (Å²) in [4.78, 5) is 11.1. The van der Waals surface area contributed by atoms with Gasteiger partial charge in [0.25, 0.3) is 0 Å². The first-order valence-electron chi connectivity index (χ1n) is 7.09. The van der Waals surface area contributed by atoms with Gasteiger partial charge in [-0.3, -0.25) is 0 Å². The minimum Gasteiger partial charge on any atom is -0.300 e. The predicted molar refractivity (Wildman–Crippen MR) is 86.4 cm³/mol. The van der Waals surface area contributed by atoms with Gasteiger partial charge in [0.1, 0.15) is 5.78 Å². The lowest BCUT2D eigenvalue weighted by Crippen LogP contribution is -2.39. The van der Waals surface area contributed by atoms with E-state index >= 15 is 0 Å². The topological polar surface area (TPSA) is 54.5 Å². The highest BCUT2D eigenvalue weighted by Crippen LogP contribution is 2.25. The summed E-state index contributed by atoms with van der Waals surface area (Å²) in [5, 5.41) is 0. The Balaban J connectivity index is 1.99. The third-order valence-electron chi connectivity index (χ3n) is 3.84. The van der Waals surface area contributed by atoms with Crippen LogP contribution >= 0.6 is 15.9 Å². The average Bonchev–Trinajstić information content (AvgIpc) is 2.41. The van der Waals surface area contributed by atoms with Gasteiger partial charge in [-0.2, -0.15) is 0 Å². The number of hydrogen-bond acceptors (Lipinski definition) is 3. The van der Waals surface area contributed by atoms with E-state index < -0.39 is 10.0 Å². The molecule has 4 nitrogen and oxygen atoms in total. The summed E-state index contributed by atoms with van der Waals surface area (Å²) >= 11 is 3.39. The number of carbonyl (C=O) groups excluding carboxylic acids is 1. The van der Waals surface area contributed by atoms with E-state index in [0.717, 1.165) is 22.9 Å². The van der Waals surface area contributed by atoms with Gasteiger partial charge in [0.15, 0.2) is 0 Å². The van der Waals surface area contributed by atoms with Crippen molar-refractivity contribution in [2.45, 2.75) is 31.9 Å². The van der Waals surface area contributed by atoms with Gasteiger partial charge in [-0.15, -0.1) is 0 Å².